The first-order valence-electron chi connectivity index (χ1n) is 6.88. The van der Waals surface area contributed by atoms with E-state index in [1.165, 1.54) is 12.7 Å². The van der Waals surface area contributed by atoms with Crippen LogP contribution in [-0.2, 0) is 22.5 Å². The Morgan fingerprint density at radius 1 is 1.45 bits per heavy atom. The van der Waals surface area contributed by atoms with Crippen molar-refractivity contribution in [3.63, 3.8) is 0 Å². The van der Waals surface area contributed by atoms with Gasteiger partial charge < -0.3 is 9.30 Å². The molecular weight excluding hydrogens is 252 g/mol. The summed E-state index contributed by atoms with van der Waals surface area (Å²) in [5, 5.41) is 0. The molecule has 1 aromatic carbocycles. The Hall–Kier alpha value is -2.10. The zero-order valence-electron chi connectivity index (χ0n) is 11.8. The van der Waals surface area contributed by atoms with Crippen molar-refractivity contribution < 1.29 is 9.53 Å². The third-order valence-corrected chi connectivity index (χ3v) is 3.85. The molecule has 2 heterocycles. The molecule has 0 spiro atoms. The smallest absolute Gasteiger partial charge is 0.309 e. The van der Waals surface area contributed by atoms with Crippen LogP contribution < -0.4 is 0 Å². The summed E-state index contributed by atoms with van der Waals surface area (Å²) < 4.78 is 6.99. The maximum Gasteiger partial charge on any atom is 0.309 e. The van der Waals surface area contributed by atoms with Crippen molar-refractivity contribution in [2.75, 3.05) is 7.11 Å². The number of carbonyl (C=O) groups excluding carboxylic acids is 1. The van der Waals surface area contributed by atoms with E-state index in [0.29, 0.717) is 6.42 Å². The van der Waals surface area contributed by atoms with Gasteiger partial charge in [-0.2, -0.15) is 0 Å². The summed E-state index contributed by atoms with van der Waals surface area (Å²) >= 11 is 0. The van der Waals surface area contributed by atoms with Gasteiger partial charge in [0.2, 0.25) is 0 Å². The second-order valence-corrected chi connectivity index (χ2v) is 5.32. The largest absolute Gasteiger partial charge is 0.469 e. The number of nitrogens with zero attached hydrogens (tertiary/aromatic N) is 2. The number of hydrogen-bond acceptors (Lipinski definition) is 3. The minimum absolute atomic E-state index is 0.0553. The highest BCUT2D eigenvalue weighted by Crippen LogP contribution is 2.26. The molecule has 0 saturated carbocycles. The second kappa shape index (κ2) is 5.12. The van der Waals surface area contributed by atoms with Gasteiger partial charge in [0.05, 0.1) is 18.7 Å². The number of fused-ring (bicyclic) bond motifs is 1. The van der Waals surface area contributed by atoms with Gasteiger partial charge in [-0.25, -0.2) is 4.98 Å². The highest BCUT2D eigenvalue weighted by Gasteiger charge is 2.27. The lowest BCUT2D eigenvalue weighted by atomic mass is 9.98. The molecule has 20 heavy (non-hydrogen) atoms. The number of rotatable bonds is 2. The highest BCUT2D eigenvalue weighted by atomic mass is 16.5. The fourth-order valence-electron chi connectivity index (χ4n) is 2.74. The lowest BCUT2D eigenvalue weighted by molar-refractivity contribution is -0.146. The monoisotopic (exact) mass is 270 g/mol. The van der Waals surface area contributed by atoms with E-state index in [1.807, 2.05) is 6.07 Å². The minimum atomic E-state index is -0.128. The van der Waals surface area contributed by atoms with Crippen LogP contribution in [0.1, 0.15) is 17.8 Å². The number of esters is 1. The van der Waals surface area contributed by atoms with E-state index in [9.17, 15) is 4.79 Å². The van der Waals surface area contributed by atoms with Gasteiger partial charge in [0.1, 0.15) is 5.82 Å². The standard InChI is InChI=1S/C16H18N2O2/c1-11-4-3-5-12(8-11)14-10-18-7-6-13(16(19)20-2)9-15(18)17-14/h3-5,8,10,13H,6-7,9H2,1-2H3. The van der Waals surface area contributed by atoms with Crippen LogP contribution in [0.5, 0.6) is 0 Å². The van der Waals surface area contributed by atoms with Crippen molar-refractivity contribution >= 4 is 5.97 Å². The molecule has 0 aliphatic carbocycles. The van der Waals surface area contributed by atoms with Crippen molar-refractivity contribution in [2.45, 2.75) is 26.3 Å². The molecule has 0 fully saturated rings. The molecule has 0 radical (unpaired) electrons. The molecule has 104 valence electrons. The van der Waals surface area contributed by atoms with Crippen molar-refractivity contribution in [2.24, 2.45) is 5.92 Å². The van der Waals surface area contributed by atoms with Gasteiger partial charge in [0.25, 0.3) is 0 Å². The average Bonchev–Trinajstić information content (AvgIpc) is 2.89. The van der Waals surface area contributed by atoms with E-state index in [1.54, 1.807) is 0 Å². The Morgan fingerprint density at radius 2 is 2.30 bits per heavy atom. The van der Waals surface area contributed by atoms with Crippen LogP contribution >= 0.6 is 0 Å². The molecule has 1 aliphatic rings. The summed E-state index contributed by atoms with van der Waals surface area (Å²) in [5.41, 5.74) is 3.33. The maximum absolute atomic E-state index is 11.6. The van der Waals surface area contributed by atoms with E-state index in [0.717, 1.165) is 30.0 Å². The van der Waals surface area contributed by atoms with Crippen molar-refractivity contribution in [3.05, 3.63) is 41.9 Å². The Morgan fingerprint density at radius 3 is 3.05 bits per heavy atom. The summed E-state index contributed by atoms with van der Waals surface area (Å²) in [6.45, 7) is 2.90. The molecule has 0 bridgehead atoms. The van der Waals surface area contributed by atoms with E-state index in [4.69, 9.17) is 4.74 Å². The Balaban J connectivity index is 1.89. The number of carbonyl (C=O) groups is 1. The lowest BCUT2D eigenvalue weighted by Crippen LogP contribution is -2.26. The molecule has 4 heteroatoms. The molecule has 0 saturated heterocycles. The summed E-state index contributed by atoms with van der Waals surface area (Å²) in [6, 6.07) is 8.32. The average molecular weight is 270 g/mol. The molecule has 1 unspecified atom stereocenters. The fourth-order valence-corrected chi connectivity index (χ4v) is 2.74. The predicted octanol–water partition coefficient (Wildman–Crippen LogP) is 2.59. The number of aromatic nitrogens is 2. The summed E-state index contributed by atoms with van der Waals surface area (Å²) in [6.07, 6.45) is 3.57. The molecule has 1 atom stereocenters. The number of methoxy groups -OCH3 is 1. The topological polar surface area (TPSA) is 44.1 Å². The molecule has 3 rings (SSSR count). The first-order valence-corrected chi connectivity index (χ1v) is 6.88. The highest BCUT2D eigenvalue weighted by molar-refractivity contribution is 5.72. The van der Waals surface area contributed by atoms with Crippen molar-refractivity contribution in [1.82, 2.24) is 9.55 Å². The maximum atomic E-state index is 11.6. The second-order valence-electron chi connectivity index (χ2n) is 5.32. The molecule has 1 aliphatic heterocycles. The van der Waals surface area contributed by atoms with E-state index < -0.39 is 0 Å². The Labute approximate surface area is 118 Å². The van der Waals surface area contributed by atoms with Gasteiger partial charge in [0.15, 0.2) is 0 Å². The van der Waals surface area contributed by atoms with Gasteiger partial charge in [0, 0.05) is 24.7 Å². The fraction of sp³-hybridized carbons (Fsp3) is 0.375. The van der Waals surface area contributed by atoms with Crippen LogP contribution in [0.15, 0.2) is 30.5 Å². The summed E-state index contributed by atoms with van der Waals surface area (Å²) in [4.78, 5) is 16.3. The Bertz CT molecular complexity index is 646. The summed E-state index contributed by atoms with van der Waals surface area (Å²) in [7, 11) is 1.45. The van der Waals surface area contributed by atoms with Gasteiger partial charge in [-0.3, -0.25) is 4.79 Å². The normalized spacial score (nSPS) is 17.6. The van der Waals surface area contributed by atoms with Crippen LogP contribution in [-0.4, -0.2) is 22.6 Å². The van der Waals surface area contributed by atoms with E-state index >= 15 is 0 Å². The molecule has 4 nitrogen and oxygen atoms in total. The quantitative estimate of drug-likeness (QED) is 0.788. The first-order chi connectivity index (χ1) is 9.67. The van der Waals surface area contributed by atoms with Crippen LogP contribution in [0.3, 0.4) is 0 Å². The van der Waals surface area contributed by atoms with Gasteiger partial charge in [-0.1, -0.05) is 23.8 Å². The van der Waals surface area contributed by atoms with Crippen molar-refractivity contribution in [1.29, 1.82) is 0 Å². The van der Waals surface area contributed by atoms with Gasteiger partial charge >= 0.3 is 5.97 Å². The number of aryl methyl sites for hydroxylation is 2. The first kappa shape index (κ1) is 12.9. The molecular formula is C16H18N2O2. The van der Waals surface area contributed by atoms with Gasteiger partial charge in [-0.05, 0) is 19.4 Å². The number of hydrogen-bond donors (Lipinski definition) is 0. The third kappa shape index (κ3) is 2.33. The van der Waals surface area contributed by atoms with Gasteiger partial charge in [-0.15, -0.1) is 0 Å². The minimum Gasteiger partial charge on any atom is -0.469 e. The number of ether oxygens (including phenoxy) is 1. The van der Waals surface area contributed by atoms with Crippen LogP contribution in [0, 0.1) is 12.8 Å². The molecule has 0 N–H and O–H groups in total. The number of imidazole rings is 1. The summed E-state index contributed by atoms with van der Waals surface area (Å²) in [5.74, 6) is 0.791. The predicted molar refractivity (Wildman–Crippen MR) is 76.2 cm³/mol. The third-order valence-electron chi connectivity index (χ3n) is 3.85. The van der Waals surface area contributed by atoms with E-state index in [2.05, 4.69) is 40.9 Å². The van der Waals surface area contributed by atoms with Crippen LogP contribution in [0.2, 0.25) is 0 Å². The lowest BCUT2D eigenvalue weighted by Gasteiger charge is -2.20. The van der Waals surface area contributed by atoms with Crippen LogP contribution in [0.25, 0.3) is 11.3 Å². The molecule has 0 amide bonds. The zero-order valence-corrected chi connectivity index (χ0v) is 11.8. The molecule has 2 aromatic rings. The Kier molecular flexibility index (Phi) is 3.30. The number of benzene rings is 1. The SMILES string of the molecule is COC(=O)C1CCn2cc(-c3cccc(C)c3)nc2C1. The van der Waals surface area contributed by atoms with Crippen LogP contribution in [0.4, 0.5) is 0 Å². The zero-order chi connectivity index (χ0) is 14.1. The van der Waals surface area contributed by atoms with Crippen molar-refractivity contribution in [3.8, 4) is 11.3 Å². The van der Waals surface area contributed by atoms with E-state index in [-0.39, 0.29) is 11.9 Å². The molecule has 1 aromatic heterocycles.